The topological polar surface area (TPSA) is 67.4 Å². The van der Waals surface area contributed by atoms with E-state index in [9.17, 15) is 4.79 Å². The highest BCUT2D eigenvalue weighted by atomic mass is 32.1. The summed E-state index contributed by atoms with van der Waals surface area (Å²) in [5.41, 5.74) is 0. The van der Waals surface area contributed by atoms with Crippen molar-refractivity contribution in [2.45, 2.75) is 32.3 Å². The van der Waals surface area contributed by atoms with Crippen LogP contribution in [-0.2, 0) is 4.74 Å². The molecule has 0 saturated carbocycles. The Morgan fingerprint density at radius 1 is 1.47 bits per heavy atom. The van der Waals surface area contributed by atoms with Gasteiger partial charge in [-0.25, -0.2) is 0 Å². The molecule has 0 radical (unpaired) electrons. The van der Waals surface area contributed by atoms with Crippen LogP contribution in [0.25, 0.3) is 0 Å². The van der Waals surface area contributed by atoms with Gasteiger partial charge >= 0.3 is 0 Å². The van der Waals surface area contributed by atoms with Gasteiger partial charge in [0.15, 0.2) is 0 Å². The molecule has 1 aliphatic heterocycles. The van der Waals surface area contributed by atoms with Crippen molar-refractivity contribution >= 4 is 22.4 Å². The zero-order valence-electron chi connectivity index (χ0n) is 11.4. The molecule has 1 amide bonds. The molecule has 0 atom stereocenters. The van der Waals surface area contributed by atoms with Gasteiger partial charge in [-0.3, -0.25) is 4.79 Å². The van der Waals surface area contributed by atoms with E-state index in [2.05, 4.69) is 22.4 Å². The molecule has 6 nitrogen and oxygen atoms in total. The standard InChI is InChI=1S/C12H20N4O2S/c1-3-6-13-12-15-14-10(19-12)11(17)16-7-4-9(18-2)5-8-16/h9H,3-8H2,1-2H3,(H,13,15). The molecule has 1 aromatic heterocycles. The number of carbonyl (C=O) groups excluding carboxylic acids is 1. The maximum Gasteiger partial charge on any atom is 0.284 e. The van der Waals surface area contributed by atoms with Crippen LogP contribution in [0.4, 0.5) is 5.13 Å². The molecule has 1 aromatic rings. The number of aromatic nitrogens is 2. The van der Waals surface area contributed by atoms with E-state index >= 15 is 0 Å². The van der Waals surface area contributed by atoms with Gasteiger partial charge in [0.05, 0.1) is 6.10 Å². The molecule has 7 heteroatoms. The van der Waals surface area contributed by atoms with Crippen LogP contribution in [0.15, 0.2) is 0 Å². The van der Waals surface area contributed by atoms with Crippen molar-refractivity contribution in [1.82, 2.24) is 15.1 Å². The number of rotatable bonds is 5. The van der Waals surface area contributed by atoms with Gasteiger partial charge in [0.2, 0.25) is 10.1 Å². The summed E-state index contributed by atoms with van der Waals surface area (Å²) in [5, 5.41) is 12.3. The van der Waals surface area contributed by atoms with Crippen molar-refractivity contribution in [2.24, 2.45) is 0 Å². The van der Waals surface area contributed by atoms with E-state index in [1.165, 1.54) is 11.3 Å². The Bertz CT molecular complexity index is 416. The lowest BCUT2D eigenvalue weighted by Crippen LogP contribution is -2.40. The van der Waals surface area contributed by atoms with Gasteiger partial charge in [-0.1, -0.05) is 18.3 Å². The second-order valence-corrected chi connectivity index (χ2v) is 5.54. The molecule has 0 aliphatic carbocycles. The third kappa shape index (κ3) is 3.63. The van der Waals surface area contributed by atoms with Crippen LogP contribution >= 0.6 is 11.3 Å². The number of nitrogens with one attached hydrogen (secondary N) is 1. The number of ether oxygens (including phenoxy) is 1. The zero-order valence-corrected chi connectivity index (χ0v) is 12.2. The van der Waals surface area contributed by atoms with Crippen LogP contribution in [-0.4, -0.2) is 53.9 Å². The molecule has 2 rings (SSSR count). The number of likely N-dealkylation sites (tertiary alicyclic amines) is 1. The van der Waals surface area contributed by atoms with Crippen LogP contribution in [0.3, 0.4) is 0 Å². The predicted molar refractivity (Wildman–Crippen MR) is 74.6 cm³/mol. The summed E-state index contributed by atoms with van der Waals surface area (Å²) >= 11 is 1.33. The van der Waals surface area contributed by atoms with Gasteiger partial charge in [-0.2, -0.15) is 0 Å². The van der Waals surface area contributed by atoms with Crippen LogP contribution in [0.1, 0.15) is 36.0 Å². The molecule has 0 aromatic carbocycles. The molecule has 1 saturated heterocycles. The van der Waals surface area contributed by atoms with Gasteiger partial charge in [0.1, 0.15) is 0 Å². The van der Waals surface area contributed by atoms with Gasteiger partial charge in [0, 0.05) is 26.7 Å². The molecule has 0 unspecified atom stereocenters. The minimum atomic E-state index is -0.0170. The Morgan fingerprint density at radius 3 is 2.84 bits per heavy atom. The average Bonchev–Trinajstić information content (AvgIpc) is 2.93. The van der Waals surface area contributed by atoms with Gasteiger partial charge in [-0.05, 0) is 19.3 Å². The van der Waals surface area contributed by atoms with Crippen molar-refractivity contribution in [3.8, 4) is 0 Å². The lowest BCUT2D eigenvalue weighted by atomic mass is 10.1. The van der Waals surface area contributed by atoms with Crippen molar-refractivity contribution in [3.63, 3.8) is 0 Å². The van der Waals surface area contributed by atoms with Gasteiger partial charge in [0.25, 0.3) is 5.91 Å². The summed E-state index contributed by atoms with van der Waals surface area (Å²) in [5.74, 6) is -0.0170. The first-order chi connectivity index (χ1) is 9.24. The summed E-state index contributed by atoms with van der Waals surface area (Å²) in [6.07, 6.45) is 3.08. The average molecular weight is 284 g/mol. The lowest BCUT2D eigenvalue weighted by Gasteiger charge is -2.30. The monoisotopic (exact) mass is 284 g/mol. The summed E-state index contributed by atoms with van der Waals surface area (Å²) in [7, 11) is 1.72. The second kappa shape index (κ2) is 6.81. The zero-order chi connectivity index (χ0) is 13.7. The third-order valence-electron chi connectivity index (χ3n) is 3.20. The van der Waals surface area contributed by atoms with Gasteiger partial charge in [-0.15, -0.1) is 10.2 Å². The molecular weight excluding hydrogens is 264 g/mol. The van der Waals surface area contributed by atoms with E-state index < -0.39 is 0 Å². The molecule has 1 fully saturated rings. The van der Waals surface area contributed by atoms with E-state index in [0.717, 1.165) is 44.0 Å². The Labute approximate surface area is 117 Å². The summed E-state index contributed by atoms with van der Waals surface area (Å²) in [6, 6.07) is 0. The Balaban J connectivity index is 1.90. The molecular formula is C12H20N4O2S. The van der Waals surface area contributed by atoms with E-state index in [1.807, 2.05) is 4.90 Å². The fourth-order valence-electron chi connectivity index (χ4n) is 2.04. The van der Waals surface area contributed by atoms with Crippen molar-refractivity contribution in [1.29, 1.82) is 0 Å². The van der Waals surface area contributed by atoms with E-state index in [-0.39, 0.29) is 12.0 Å². The fourth-order valence-corrected chi connectivity index (χ4v) is 2.78. The van der Waals surface area contributed by atoms with Crippen molar-refractivity contribution < 1.29 is 9.53 Å². The number of nitrogens with zero attached hydrogens (tertiary/aromatic N) is 3. The Hall–Kier alpha value is -1.21. The molecule has 19 heavy (non-hydrogen) atoms. The van der Waals surface area contributed by atoms with Crippen LogP contribution in [0, 0.1) is 0 Å². The first-order valence-electron chi connectivity index (χ1n) is 6.64. The Morgan fingerprint density at radius 2 is 2.21 bits per heavy atom. The number of carbonyl (C=O) groups is 1. The van der Waals surface area contributed by atoms with Crippen LogP contribution in [0.5, 0.6) is 0 Å². The lowest BCUT2D eigenvalue weighted by molar-refractivity contribution is 0.0350. The molecule has 0 bridgehead atoms. The number of amides is 1. The highest BCUT2D eigenvalue weighted by molar-refractivity contribution is 7.17. The highest BCUT2D eigenvalue weighted by Crippen LogP contribution is 2.20. The minimum absolute atomic E-state index is 0.0170. The highest BCUT2D eigenvalue weighted by Gasteiger charge is 2.25. The number of piperidine rings is 1. The predicted octanol–water partition coefficient (Wildman–Crippen LogP) is 1.61. The number of methoxy groups -OCH3 is 1. The minimum Gasteiger partial charge on any atom is -0.381 e. The maximum atomic E-state index is 12.2. The largest absolute Gasteiger partial charge is 0.381 e. The third-order valence-corrected chi connectivity index (χ3v) is 4.07. The van der Waals surface area contributed by atoms with E-state index in [0.29, 0.717) is 5.01 Å². The molecule has 1 N–H and O–H groups in total. The first-order valence-corrected chi connectivity index (χ1v) is 7.45. The van der Waals surface area contributed by atoms with Crippen molar-refractivity contribution in [3.05, 3.63) is 5.01 Å². The quantitative estimate of drug-likeness (QED) is 0.889. The van der Waals surface area contributed by atoms with E-state index in [1.54, 1.807) is 7.11 Å². The van der Waals surface area contributed by atoms with Crippen molar-refractivity contribution in [2.75, 3.05) is 32.1 Å². The summed E-state index contributed by atoms with van der Waals surface area (Å²) in [6.45, 7) is 4.39. The van der Waals surface area contributed by atoms with Gasteiger partial charge < -0.3 is 15.0 Å². The van der Waals surface area contributed by atoms with E-state index in [4.69, 9.17) is 4.74 Å². The smallest absolute Gasteiger partial charge is 0.284 e. The molecule has 0 spiro atoms. The normalized spacial score (nSPS) is 16.6. The maximum absolute atomic E-state index is 12.2. The van der Waals surface area contributed by atoms with Crippen LogP contribution in [0.2, 0.25) is 0 Å². The number of hydrogen-bond donors (Lipinski definition) is 1. The fraction of sp³-hybridized carbons (Fsp3) is 0.750. The summed E-state index contributed by atoms with van der Waals surface area (Å²) < 4.78 is 5.30. The summed E-state index contributed by atoms with van der Waals surface area (Å²) in [4.78, 5) is 14.1. The second-order valence-electron chi connectivity index (χ2n) is 4.57. The molecule has 2 heterocycles. The molecule has 1 aliphatic rings. The molecule has 106 valence electrons. The van der Waals surface area contributed by atoms with Crippen LogP contribution < -0.4 is 5.32 Å². The SMILES string of the molecule is CCCNc1nnc(C(=O)N2CCC(OC)CC2)s1. The Kier molecular flexibility index (Phi) is 5.09. The number of hydrogen-bond acceptors (Lipinski definition) is 6. The number of anilines is 1. The first kappa shape index (κ1) is 14.2.